The number of aromatic nitrogens is 2. The van der Waals surface area contributed by atoms with Gasteiger partial charge in [0.1, 0.15) is 5.82 Å². The average Bonchev–Trinajstić information content (AvgIpc) is 3.31. The molecule has 0 radical (unpaired) electrons. The molecule has 2 amide bonds. The van der Waals surface area contributed by atoms with Crippen molar-refractivity contribution in [1.82, 2.24) is 14.9 Å². The molecule has 1 aliphatic heterocycles. The topological polar surface area (TPSA) is 69.3 Å². The molecule has 2 aromatic carbocycles. The smallest absolute Gasteiger partial charge is 0.246 e. The average molecular weight is 374 g/mol. The number of imidazole rings is 1. The Labute approximate surface area is 163 Å². The van der Waals surface area contributed by atoms with Gasteiger partial charge in [-0.1, -0.05) is 24.3 Å². The van der Waals surface area contributed by atoms with E-state index >= 15 is 0 Å². The molecule has 0 spiro atoms. The van der Waals surface area contributed by atoms with Gasteiger partial charge in [0.15, 0.2) is 0 Å². The van der Waals surface area contributed by atoms with Gasteiger partial charge in [-0.25, -0.2) is 4.98 Å². The molecule has 4 rings (SSSR count). The highest BCUT2D eigenvalue weighted by Gasteiger charge is 2.21. The number of hydrogen-bond acceptors (Lipinski definition) is 3. The minimum Gasteiger partial charge on any atom is -0.340 e. The van der Waals surface area contributed by atoms with E-state index in [0.29, 0.717) is 13.0 Å². The summed E-state index contributed by atoms with van der Waals surface area (Å²) in [4.78, 5) is 35.4. The third-order valence-electron chi connectivity index (χ3n) is 4.90. The Kier molecular flexibility index (Phi) is 4.93. The normalized spacial score (nSPS) is 14.3. The lowest BCUT2D eigenvalue weighted by molar-refractivity contribution is -0.125. The number of hydrogen-bond donors (Lipinski definition) is 1. The highest BCUT2D eigenvalue weighted by Crippen LogP contribution is 2.22. The Hall–Kier alpha value is -3.41. The standard InChI is InChI=1S/C22H22N4O2/c1-25(15-20-23-18-5-2-3-6-19(18)24-20)21(27)13-10-16-8-11-17(12-9-16)26-14-4-7-22(26)28/h2-3,5-6,8-13H,4,7,14-15H2,1H3,(H,23,24)/b13-10-. The van der Waals surface area contributed by atoms with Crippen LogP contribution in [0.3, 0.4) is 0 Å². The second-order valence-corrected chi connectivity index (χ2v) is 6.97. The fraction of sp³-hybridized carbons (Fsp3) is 0.227. The van der Waals surface area contributed by atoms with Crippen LogP contribution in [0.5, 0.6) is 0 Å². The molecule has 6 heteroatoms. The zero-order chi connectivity index (χ0) is 19.5. The summed E-state index contributed by atoms with van der Waals surface area (Å²) in [5.74, 6) is 0.829. The molecule has 1 fully saturated rings. The third-order valence-corrected chi connectivity index (χ3v) is 4.90. The van der Waals surface area contributed by atoms with Crippen LogP contribution in [-0.4, -0.2) is 40.3 Å². The summed E-state index contributed by atoms with van der Waals surface area (Å²) in [7, 11) is 1.75. The number of amides is 2. The third kappa shape index (κ3) is 3.81. The number of nitrogens with one attached hydrogen (secondary N) is 1. The van der Waals surface area contributed by atoms with Crippen LogP contribution in [0, 0.1) is 0 Å². The van der Waals surface area contributed by atoms with Crippen LogP contribution < -0.4 is 4.90 Å². The molecule has 0 saturated carbocycles. The lowest BCUT2D eigenvalue weighted by atomic mass is 10.2. The quantitative estimate of drug-likeness (QED) is 0.696. The van der Waals surface area contributed by atoms with E-state index < -0.39 is 0 Å². The van der Waals surface area contributed by atoms with E-state index in [9.17, 15) is 9.59 Å². The second kappa shape index (κ2) is 7.68. The van der Waals surface area contributed by atoms with Gasteiger partial charge in [-0.3, -0.25) is 9.59 Å². The minimum atomic E-state index is -0.0979. The molecular formula is C22H22N4O2. The number of fused-ring (bicyclic) bond motifs is 1. The van der Waals surface area contributed by atoms with Crippen LogP contribution >= 0.6 is 0 Å². The molecule has 1 saturated heterocycles. The van der Waals surface area contributed by atoms with Gasteiger partial charge in [0.25, 0.3) is 0 Å². The molecule has 2 heterocycles. The van der Waals surface area contributed by atoms with Gasteiger partial charge in [0, 0.05) is 31.8 Å². The van der Waals surface area contributed by atoms with E-state index in [2.05, 4.69) is 9.97 Å². The van der Waals surface area contributed by atoms with Crippen LogP contribution in [0.2, 0.25) is 0 Å². The maximum absolute atomic E-state index is 12.4. The van der Waals surface area contributed by atoms with Crippen molar-refractivity contribution < 1.29 is 9.59 Å². The Balaban J connectivity index is 1.38. The molecule has 142 valence electrons. The molecule has 0 aliphatic carbocycles. The lowest BCUT2D eigenvalue weighted by Gasteiger charge is -2.15. The maximum atomic E-state index is 12.4. The van der Waals surface area contributed by atoms with Gasteiger partial charge in [0.2, 0.25) is 11.8 Å². The molecule has 28 heavy (non-hydrogen) atoms. The van der Waals surface area contributed by atoms with Crippen LogP contribution in [0.15, 0.2) is 54.6 Å². The van der Waals surface area contributed by atoms with Gasteiger partial charge in [-0.15, -0.1) is 0 Å². The fourth-order valence-corrected chi connectivity index (χ4v) is 3.36. The van der Waals surface area contributed by atoms with E-state index in [1.165, 1.54) is 0 Å². The highest BCUT2D eigenvalue weighted by molar-refractivity contribution is 5.95. The number of rotatable bonds is 5. The molecule has 1 N–H and O–H groups in total. The van der Waals surface area contributed by atoms with Gasteiger partial charge in [-0.2, -0.15) is 0 Å². The molecule has 6 nitrogen and oxygen atoms in total. The first-order chi connectivity index (χ1) is 13.6. The first-order valence-corrected chi connectivity index (χ1v) is 9.37. The zero-order valence-corrected chi connectivity index (χ0v) is 15.8. The Morgan fingerprint density at radius 2 is 2.00 bits per heavy atom. The van der Waals surface area contributed by atoms with Crippen LogP contribution in [0.1, 0.15) is 24.2 Å². The molecule has 0 bridgehead atoms. The number of aromatic amines is 1. The molecule has 0 atom stereocenters. The number of nitrogens with zero attached hydrogens (tertiary/aromatic N) is 3. The van der Waals surface area contributed by atoms with Crippen molar-refractivity contribution in [1.29, 1.82) is 0 Å². The van der Waals surface area contributed by atoms with Crippen molar-refractivity contribution in [3.05, 3.63) is 66.0 Å². The van der Waals surface area contributed by atoms with Crippen molar-refractivity contribution in [3.63, 3.8) is 0 Å². The van der Waals surface area contributed by atoms with Crippen LogP contribution in [-0.2, 0) is 16.1 Å². The molecule has 1 aliphatic rings. The minimum absolute atomic E-state index is 0.0979. The van der Waals surface area contributed by atoms with E-state index in [1.54, 1.807) is 29.0 Å². The monoisotopic (exact) mass is 374 g/mol. The number of benzene rings is 2. The summed E-state index contributed by atoms with van der Waals surface area (Å²) >= 11 is 0. The first kappa shape index (κ1) is 18.0. The van der Waals surface area contributed by atoms with Crippen molar-refractivity contribution >= 4 is 34.6 Å². The van der Waals surface area contributed by atoms with Crippen LogP contribution in [0.25, 0.3) is 17.1 Å². The van der Waals surface area contributed by atoms with Crippen molar-refractivity contribution in [2.45, 2.75) is 19.4 Å². The molecule has 3 aromatic rings. The van der Waals surface area contributed by atoms with Gasteiger partial charge in [-0.05, 0) is 42.3 Å². The van der Waals surface area contributed by atoms with Crippen LogP contribution in [0.4, 0.5) is 5.69 Å². The van der Waals surface area contributed by atoms with E-state index in [0.717, 1.165) is 41.1 Å². The first-order valence-electron chi connectivity index (χ1n) is 9.37. The predicted molar refractivity (Wildman–Crippen MR) is 110 cm³/mol. The number of para-hydroxylation sites is 2. The Bertz CT molecular complexity index is 1000. The highest BCUT2D eigenvalue weighted by atomic mass is 16.2. The predicted octanol–water partition coefficient (Wildman–Crippen LogP) is 3.36. The van der Waals surface area contributed by atoms with E-state index in [1.807, 2.05) is 48.5 Å². The number of H-pyrrole nitrogens is 1. The van der Waals surface area contributed by atoms with Gasteiger partial charge in [0.05, 0.1) is 17.6 Å². The molecule has 1 aromatic heterocycles. The summed E-state index contributed by atoms with van der Waals surface area (Å²) in [5, 5.41) is 0. The Morgan fingerprint density at radius 3 is 2.71 bits per heavy atom. The van der Waals surface area contributed by atoms with Crippen molar-refractivity contribution in [2.75, 3.05) is 18.5 Å². The summed E-state index contributed by atoms with van der Waals surface area (Å²) in [6.07, 6.45) is 4.87. The Morgan fingerprint density at radius 1 is 1.21 bits per heavy atom. The SMILES string of the molecule is CN(Cc1nc2ccccc2[nH]1)C(=O)/C=C\c1ccc(N2CCCC2=O)cc1. The second-order valence-electron chi connectivity index (χ2n) is 6.97. The summed E-state index contributed by atoms with van der Waals surface area (Å²) in [6.45, 7) is 1.19. The van der Waals surface area contributed by atoms with Gasteiger partial charge < -0.3 is 14.8 Å². The van der Waals surface area contributed by atoms with Gasteiger partial charge >= 0.3 is 0 Å². The number of likely N-dealkylation sites (N-methyl/N-ethyl adjacent to an activating group) is 1. The molecule has 0 unspecified atom stereocenters. The van der Waals surface area contributed by atoms with E-state index in [-0.39, 0.29) is 11.8 Å². The largest absolute Gasteiger partial charge is 0.340 e. The lowest BCUT2D eigenvalue weighted by Crippen LogP contribution is -2.24. The maximum Gasteiger partial charge on any atom is 0.246 e. The number of carbonyl (C=O) groups excluding carboxylic acids is 2. The van der Waals surface area contributed by atoms with Crippen molar-refractivity contribution in [2.24, 2.45) is 0 Å². The molecular weight excluding hydrogens is 352 g/mol. The number of carbonyl (C=O) groups is 2. The summed E-state index contributed by atoms with van der Waals surface area (Å²) < 4.78 is 0. The fourth-order valence-electron chi connectivity index (χ4n) is 3.36. The van der Waals surface area contributed by atoms with E-state index in [4.69, 9.17) is 0 Å². The zero-order valence-electron chi connectivity index (χ0n) is 15.8. The summed E-state index contributed by atoms with van der Waals surface area (Å²) in [6, 6.07) is 15.5. The summed E-state index contributed by atoms with van der Waals surface area (Å²) in [5.41, 5.74) is 3.68. The van der Waals surface area contributed by atoms with Crippen molar-refractivity contribution in [3.8, 4) is 0 Å². The number of anilines is 1.